The van der Waals surface area contributed by atoms with Gasteiger partial charge in [-0.05, 0) is 31.5 Å². The van der Waals surface area contributed by atoms with Gasteiger partial charge in [0.1, 0.15) is 11.8 Å². The van der Waals surface area contributed by atoms with Crippen molar-refractivity contribution in [1.29, 1.82) is 0 Å². The fraction of sp³-hybridized carbons (Fsp3) is 0.385. The molecule has 7 nitrogen and oxygen atoms in total. The van der Waals surface area contributed by atoms with E-state index in [0.717, 1.165) is 37.3 Å². The van der Waals surface area contributed by atoms with Crippen LogP contribution in [-0.4, -0.2) is 42.8 Å². The van der Waals surface area contributed by atoms with Crippen LogP contribution in [0.4, 0.5) is 0 Å². The maximum Gasteiger partial charge on any atom is 0.182 e. The molecule has 20 heavy (non-hydrogen) atoms. The topological polar surface area (TPSA) is 84.3 Å². The first-order valence-corrected chi connectivity index (χ1v) is 6.77. The van der Waals surface area contributed by atoms with Crippen LogP contribution >= 0.6 is 0 Å². The summed E-state index contributed by atoms with van der Waals surface area (Å²) in [7, 11) is 0. The largest absolute Gasteiger partial charge is 0.340 e. The Morgan fingerprint density at radius 1 is 1.30 bits per heavy atom. The summed E-state index contributed by atoms with van der Waals surface area (Å²) in [6.45, 7) is 4.15. The number of fused-ring (bicyclic) bond motifs is 1. The molecule has 2 N–H and O–H groups in total. The molecule has 0 atom stereocenters. The SMILES string of the molecule is CCNCCCc1cnn(-c2ncnc3nc[nH]c23)c1. The van der Waals surface area contributed by atoms with Crippen LogP contribution in [0.15, 0.2) is 25.0 Å². The first-order chi connectivity index (χ1) is 9.88. The van der Waals surface area contributed by atoms with Crippen molar-refractivity contribution in [2.75, 3.05) is 13.1 Å². The van der Waals surface area contributed by atoms with Gasteiger partial charge in [-0.1, -0.05) is 6.92 Å². The van der Waals surface area contributed by atoms with Crippen LogP contribution in [-0.2, 0) is 6.42 Å². The third kappa shape index (κ3) is 2.53. The fourth-order valence-corrected chi connectivity index (χ4v) is 2.13. The minimum absolute atomic E-state index is 0.652. The summed E-state index contributed by atoms with van der Waals surface area (Å²) in [6.07, 6.45) is 9.12. The van der Waals surface area contributed by atoms with Crippen LogP contribution in [0.3, 0.4) is 0 Å². The Labute approximate surface area is 116 Å². The highest BCUT2D eigenvalue weighted by Gasteiger charge is 2.09. The molecule has 3 heterocycles. The minimum Gasteiger partial charge on any atom is -0.340 e. The average molecular weight is 271 g/mol. The number of hydrogen-bond donors (Lipinski definition) is 2. The predicted octanol–water partition coefficient (Wildman–Crippen LogP) is 1.08. The van der Waals surface area contributed by atoms with E-state index in [-0.39, 0.29) is 0 Å². The van der Waals surface area contributed by atoms with Crippen molar-refractivity contribution in [3.63, 3.8) is 0 Å². The van der Waals surface area contributed by atoms with Gasteiger partial charge in [0.25, 0.3) is 0 Å². The van der Waals surface area contributed by atoms with E-state index in [1.807, 2.05) is 12.4 Å². The normalized spacial score (nSPS) is 11.2. The van der Waals surface area contributed by atoms with Crippen LogP contribution in [0, 0.1) is 0 Å². The zero-order valence-corrected chi connectivity index (χ0v) is 11.4. The first-order valence-electron chi connectivity index (χ1n) is 6.77. The van der Waals surface area contributed by atoms with Crippen LogP contribution in [0.2, 0.25) is 0 Å². The highest BCUT2D eigenvalue weighted by Crippen LogP contribution is 2.14. The molecule has 0 aliphatic heterocycles. The van der Waals surface area contributed by atoms with E-state index in [4.69, 9.17) is 0 Å². The highest BCUT2D eigenvalue weighted by molar-refractivity contribution is 5.77. The number of hydrogen-bond acceptors (Lipinski definition) is 5. The Kier molecular flexibility index (Phi) is 3.69. The second-order valence-electron chi connectivity index (χ2n) is 4.55. The second-order valence-corrected chi connectivity index (χ2v) is 4.55. The molecule has 3 rings (SSSR count). The van der Waals surface area contributed by atoms with Crippen LogP contribution < -0.4 is 5.32 Å². The quantitative estimate of drug-likeness (QED) is 0.655. The van der Waals surface area contributed by atoms with Crippen molar-refractivity contribution in [2.24, 2.45) is 0 Å². The average Bonchev–Trinajstić information content (AvgIpc) is 3.12. The lowest BCUT2D eigenvalue weighted by atomic mass is 10.2. The number of nitrogens with one attached hydrogen (secondary N) is 2. The molecule has 3 aromatic rings. The third-order valence-corrected chi connectivity index (χ3v) is 3.13. The Hall–Kier alpha value is -2.28. The molecule has 0 aliphatic carbocycles. The van der Waals surface area contributed by atoms with Crippen molar-refractivity contribution >= 4 is 11.2 Å². The maximum absolute atomic E-state index is 4.37. The number of aromatic amines is 1. The summed E-state index contributed by atoms with van der Waals surface area (Å²) in [5.41, 5.74) is 2.66. The first kappa shape index (κ1) is 12.7. The molecule has 0 radical (unpaired) electrons. The molecule has 3 aromatic heterocycles. The van der Waals surface area contributed by atoms with Gasteiger partial charge in [-0.25, -0.2) is 19.6 Å². The van der Waals surface area contributed by atoms with Gasteiger partial charge < -0.3 is 10.3 Å². The summed E-state index contributed by atoms with van der Waals surface area (Å²) in [4.78, 5) is 15.6. The van der Waals surface area contributed by atoms with Crippen LogP contribution in [0.5, 0.6) is 0 Å². The predicted molar refractivity (Wildman–Crippen MR) is 75.7 cm³/mol. The number of aromatic nitrogens is 6. The van der Waals surface area contributed by atoms with Crippen molar-refractivity contribution in [3.05, 3.63) is 30.6 Å². The number of imidazole rings is 1. The molecular formula is C13H17N7. The van der Waals surface area contributed by atoms with E-state index in [0.29, 0.717) is 5.65 Å². The van der Waals surface area contributed by atoms with E-state index < -0.39 is 0 Å². The van der Waals surface area contributed by atoms with Crippen LogP contribution in [0.25, 0.3) is 17.0 Å². The molecule has 104 valence electrons. The van der Waals surface area contributed by atoms with Crippen molar-refractivity contribution in [3.8, 4) is 5.82 Å². The molecule has 0 saturated heterocycles. The van der Waals surface area contributed by atoms with Crippen molar-refractivity contribution in [1.82, 2.24) is 35.0 Å². The van der Waals surface area contributed by atoms with E-state index >= 15 is 0 Å². The summed E-state index contributed by atoms with van der Waals surface area (Å²) >= 11 is 0. The summed E-state index contributed by atoms with van der Waals surface area (Å²) in [6, 6.07) is 0. The zero-order chi connectivity index (χ0) is 13.8. The molecule has 0 aromatic carbocycles. The van der Waals surface area contributed by atoms with Gasteiger partial charge in [0.05, 0.1) is 12.5 Å². The van der Waals surface area contributed by atoms with Gasteiger partial charge in [-0.2, -0.15) is 5.10 Å². The lowest BCUT2D eigenvalue weighted by Crippen LogP contribution is -2.14. The van der Waals surface area contributed by atoms with Crippen LogP contribution in [0.1, 0.15) is 18.9 Å². The van der Waals surface area contributed by atoms with Gasteiger partial charge in [-0.3, -0.25) is 0 Å². The molecule has 0 spiro atoms. The zero-order valence-electron chi connectivity index (χ0n) is 11.4. The lowest BCUT2D eigenvalue weighted by molar-refractivity contribution is 0.672. The third-order valence-electron chi connectivity index (χ3n) is 3.13. The van der Waals surface area contributed by atoms with Gasteiger partial charge >= 0.3 is 0 Å². The summed E-state index contributed by atoms with van der Waals surface area (Å²) in [5, 5.41) is 7.69. The smallest absolute Gasteiger partial charge is 0.182 e. The number of H-pyrrole nitrogens is 1. The van der Waals surface area contributed by atoms with E-state index in [2.05, 4.69) is 37.3 Å². The molecule has 0 bridgehead atoms. The highest BCUT2D eigenvalue weighted by atomic mass is 15.3. The second kappa shape index (κ2) is 5.79. The molecule has 0 fully saturated rings. The van der Waals surface area contributed by atoms with Gasteiger partial charge in [-0.15, -0.1) is 0 Å². The molecule has 0 saturated carbocycles. The van der Waals surface area contributed by atoms with Gasteiger partial charge in [0, 0.05) is 6.20 Å². The van der Waals surface area contributed by atoms with Crippen molar-refractivity contribution < 1.29 is 0 Å². The van der Waals surface area contributed by atoms with E-state index in [1.54, 1.807) is 11.0 Å². The molecular weight excluding hydrogens is 254 g/mol. The van der Waals surface area contributed by atoms with Gasteiger partial charge in [0.2, 0.25) is 0 Å². The van der Waals surface area contributed by atoms with E-state index in [1.165, 1.54) is 11.9 Å². The molecule has 0 aliphatic rings. The number of rotatable bonds is 6. The standard InChI is InChI=1S/C13H17N7/c1-2-14-5-3-4-10-6-19-20(7-10)13-11-12(16-8-15-11)17-9-18-13/h6-9,14H,2-5H2,1H3,(H,15,16,17,18). The fourth-order valence-electron chi connectivity index (χ4n) is 2.13. The molecule has 0 unspecified atom stereocenters. The summed E-state index contributed by atoms with van der Waals surface area (Å²) < 4.78 is 1.77. The Bertz CT molecular complexity index is 685. The molecule has 7 heteroatoms. The maximum atomic E-state index is 4.37. The monoisotopic (exact) mass is 271 g/mol. The van der Waals surface area contributed by atoms with Crippen molar-refractivity contribution in [2.45, 2.75) is 19.8 Å². The Balaban J connectivity index is 1.78. The van der Waals surface area contributed by atoms with Gasteiger partial charge in [0.15, 0.2) is 11.5 Å². The molecule has 0 amide bonds. The number of aryl methyl sites for hydroxylation is 1. The lowest BCUT2D eigenvalue weighted by Gasteiger charge is -2.01. The van der Waals surface area contributed by atoms with E-state index in [9.17, 15) is 0 Å². The summed E-state index contributed by atoms with van der Waals surface area (Å²) in [5.74, 6) is 0.727. The Morgan fingerprint density at radius 2 is 2.25 bits per heavy atom. The Morgan fingerprint density at radius 3 is 3.15 bits per heavy atom. The number of nitrogens with zero attached hydrogens (tertiary/aromatic N) is 5. The minimum atomic E-state index is 0.652.